The third-order valence-electron chi connectivity index (χ3n) is 3.40. The topological polar surface area (TPSA) is 68.5 Å². The molecule has 2 heterocycles. The van der Waals surface area contributed by atoms with E-state index in [-0.39, 0.29) is 11.7 Å². The van der Waals surface area contributed by atoms with Gasteiger partial charge in [-0.15, -0.1) is 0 Å². The van der Waals surface area contributed by atoms with Gasteiger partial charge < -0.3 is 14.5 Å². The monoisotopic (exact) mass is 273 g/mol. The van der Waals surface area contributed by atoms with Crippen LogP contribution in [-0.2, 0) is 4.74 Å². The molecule has 0 saturated carbocycles. The predicted octanol–water partition coefficient (Wildman–Crippen LogP) is 1.70. The molecule has 0 bridgehead atoms. The minimum atomic E-state index is -0.617. The molecule has 20 heavy (non-hydrogen) atoms. The van der Waals surface area contributed by atoms with Gasteiger partial charge in [0.15, 0.2) is 0 Å². The average Bonchev–Trinajstić information content (AvgIpc) is 2.97. The van der Waals surface area contributed by atoms with Crippen LogP contribution in [0.1, 0.15) is 23.2 Å². The van der Waals surface area contributed by atoms with Gasteiger partial charge in [-0.05, 0) is 25.0 Å². The molecule has 5 nitrogen and oxygen atoms in total. The Balaban J connectivity index is 1.79. The Bertz CT molecular complexity index is 686. The first kappa shape index (κ1) is 12.9. The number of carbonyl (C=O) groups excluding carboxylic acids is 1. The van der Waals surface area contributed by atoms with Crippen LogP contribution in [0.25, 0.3) is 11.0 Å². The molecule has 1 fully saturated rings. The van der Waals surface area contributed by atoms with Crippen molar-refractivity contribution in [3.8, 4) is 0 Å². The summed E-state index contributed by atoms with van der Waals surface area (Å²) >= 11 is 0. The number of nitrogens with one attached hydrogen (secondary N) is 1. The lowest BCUT2D eigenvalue weighted by molar-refractivity contribution is 0.0855. The van der Waals surface area contributed by atoms with Crippen LogP contribution in [0, 0.1) is 0 Å². The molecule has 1 aromatic carbocycles. The highest BCUT2D eigenvalue weighted by molar-refractivity contribution is 5.96. The van der Waals surface area contributed by atoms with E-state index in [0.29, 0.717) is 12.1 Å². The van der Waals surface area contributed by atoms with Crippen LogP contribution < -0.4 is 10.9 Å². The summed E-state index contributed by atoms with van der Waals surface area (Å²) in [4.78, 5) is 23.9. The summed E-state index contributed by atoms with van der Waals surface area (Å²) < 4.78 is 10.6. The highest BCUT2D eigenvalue weighted by Gasteiger charge is 2.18. The maximum atomic E-state index is 12.0. The minimum absolute atomic E-state index is 0.0293. The third kappa shape index (κ3) is 2.58. The van der Waals surface area contributed by atoms with Crippen LogP contribution in [0.2, 0.25) is 0 Å². The van der Waals surface area contributed by atoms with Gasteiger partial charge in [0.2, 0.25) is 0 Å². The van der Waals surface area contributed by atoms with Crippen molar-refractivity contribution in [2.75, 3.05) is 13.2 Å². The van der Waals surface area contributed by atoms with Gasteiger partial charge in [-0.25, -0.2) is 4.79 Å². The van der Waals surface area contributed by atoms with Crippen molar-refractivity contribution in [3.63, 3.8) is 0 Å². The number of rotatable bonds is 3. The number of hydrogen-bond acceptors (Lipinski definition) is 4. The minimum Gasteiger partial charge on any atom is -0.422 e. The molecule has 0 aliphatic carbocycles. The van der Waals surface area contributed by atoms with Crippen LogP contribution in [0.5, 0.6) is 0 Å². The Morgan fingerprint density at radius 2 is 2.20 bits per heavy atom. The van der Waals surface area contributed by atoms with Crippen molar-refractivity contribution in [1.82, 2.24) is 5.32 Å². The molecule has 1 amide bonds. The SMILES string of the molecule is O=C(NC[C@@H]1CCCO1)c1cc2ccccc2oc1=O. The molecule has 0 unspecified atom stereocenters. The zero-order valence-electron chi connectivity index (χ0n) is 10.9. The van der Waals surface area contributed by atoms with Crippen molar-refractivity contribution >= 4 is 16.9 Å². The summed E-state index contributed by atoms with van der Waals surface area (Å²) in [5, 5.41) is 3.45. The summed E-state index contributed by atoms with van der Waals surface area (Å²) in [5.41, 5.74) is -0.108. The van der Waals surface area contributed by atoms with Crippen molar-refractivity contribution in [3.05, 3.63) is 46.3 Å². The Morgan fingerprint density at radius 3 is 3.00 bits per heavy atom. The zero-order valence-corrected chi connectivity index (χ0v) is 10.9. The lowest BCUT2D eigenvalue weighted by Gasteiger charge is -2.10. The fraction of sp³-hybridized carbons (Fsp3) is 0.333. The molecule has 5 heteroatoms. The Kier molecular flexibility index (Phi) is 3.52. The number of ether oxygens (including phenoxy) is 1. The van der Waals surface area contributed by atoms with Gasteiger partial charge in [0.1, 0.15) is 11.1 Å². The number of hydrogen-bond donors (Lipinski definition) is 1. The van der Waals surface area contributed by atoms with Crippen molar-refractivity contribution < 1.29 is 13.9 Å². The Labute approximate surface area is 115 Å². The standard InChI is InChI=1S/C15H15NO4/c17-14(16-9-11-5-3-7-19-11)12-8-10-4-1-2-6-13(10)20-15(12)18/h1-2,4,6,8,11H,3,5,7,9H2,(H,16,17)/t11-/m0/s1. The molecule has 104 valence electrons. The van der Waals surface area contributed by atoms with E-state index in [1.54, 1.807) is 24.3 Å². The second-order valence-corrected chi connectivity index (χ2v) is 4.83. The summed E-state index contributed by atoms with van der Waals surface area (Å²) in [6, 6.07) is 8.67. The molecule has 0 radical (unpaired) electrons. The van der Waals surface area contributed by atoms with Gasteiger partial charge in [0.05, 0.1) is 6.10 Å². The maximum absolute atomic E-state index is 12.0. The molecular formula is C15H15NO4. The van der Waals surface area contributed by atoms with Gasteiger partial charge >= 0.3 is 5.63 Å². The molecule has 1 saturated heterocycles. The number of amides is 1. The molecule has 1 atom stereocenters. The van der Waals surface area contributed by atoms with E-state index in [0.717, 1.165) is 24.8 Å². The van der Waals surface area contributed by atoms with E-state index < -0.39 is 11.5 Å². The number of carbonyl (C=O) groups is 1. The van der Waals surface area contributed by atoms with Crippen LogP contribution in [0.3, 0.4) is 0 Å². The van der Waals surface area contributed by atoms with Gasteiger partial charge in [-0.3, -0.25) is 4.79 Å². The lowest BCUT2D eigenvalue weighted by atomic mass is 10.1. The fourth-order valence-electron chi connectivity index (χ4n) is 2.33. The van der Waals surface area contributed by atoms with Gasteiger partial charge in [0, 0.05) is 18.5 Å². The predicted molar refractivity (Wildman–Crippen MR) is 73.8 cm³/mol. The largest absolute Gasteiger partial charge is 0.422 e. The average molecular weight is 273 g/mol. The summed E-state index contributed by atoms with van der Waals surface area (Å²) in [7, 11) is 0. The molecule has 3 rings (SSSR count). The van der Waals surface area contributed by atoms with E-state index in [2.05, 4.69) is 5.32 Å². The molecule has 1 aliphatic heterocycles. The van der Waals surface area contributed by atoms with Crippen molar-refractivity contribution in [1.29, 1.82) is 0 Å². The summed E-state index contributed by atoms with van der Waals surface area (Å²) in [6.07, 6.45) is 2.00. The van der Waals surface area contributed by atoms with E-state index in [9.17, 15) is 9.59 Å². The van der Waals surface area contributed by atoms with Gasteiger partial charge in [-0.2, -0.15) is 0 Å². The van der Waals surface area contributed by atoms with Crippen LogP contribution in [0.15, 0.2) is 39.5 Å². The second-order valence-electron chi connectivity index (χ2n) is 4.83. The van der Waals surface area contributed by atoms with Crippen LogP contribution >= 0.6 is 0 Å². The maximum Gasteiger partial charge on any atom is 0.349 e. The molecule has 0 spiro atoms. The zero-order chi connectivity index (χ0) is 13.9. The lowest BCUT2D eigenvalue weighted by Crippen LogP contribution is -2.34. The first-order valence-electron chi connectivity index (χ1n) is 6.67. The van der Waals surface area contributed by atoms with Gasteiger partial charge in [0.25, 0.3) is 5.91 Å². The van der Waals surface area contributed by atoms with E-state index >= 15 is 0 Å². The quantitative estimate of drug-likeness (QED) is 0.864. The smallest absolute Gasteiger partial charge is 0.349 e. The summed E-state index contributed by atoms with van der Waals surface area (Å²) in [5.74, 6) is -0.417. The fourth-order valence-corrected chi connectivity index (χ4v) is 2.33. The normalized spacial score (nSPS) is 18.3. The molecule has 2 aromatic rings. The van der Waals surface area contributed by atoms with Crippen molar-refractivity contribution in [2.24, 2.45) is 0 Å². The van der Waals surface area contributed by atoms with Crippen molar-refractivity contribution in [2.45, 2.75) is 18.9 Å². The van der Waals surface area contributed by atoms with Crippen LogP contribution in [-0.4, -0.2) is 25.2 Å². The molecule has 1 N–H and O–H groups in total. The van der Waals surface area contributed by atoms with Gasteiger partial charge in [-0.1, -0.05) is 18.2 Å². The molecular weight excluding hydrogens is 258 g/mol. The Hall–Kier alpha value is -2.14. The van der Waals surface area contributed by atoms with E-state index in [1.165, 1.54) is 0 Å². The number of benzene rings is 1. The Morgan fingerprint density at radius 1 is 1.35 bits per heavy atom. The number of fused-ring (bicyclic) bond motifs is 1. The second kappa shape index (κ2) is 5.46. The van der Waals surface area contributed by atoms with E-state index in [1.807, 2.05) is 6.07 Å². The first-order chi connectivity index (χ1) is 9.74. The molecule has 1 aromatic heterocycles. The highest BCUT2D eigenvalue weighted by Crippen LogP contribution is 2.13. The number of para-hydroxylation sites is 1. The molecule has 1 aliphatic rings. The van der Waals surface area contributed by atoms with E-state index in [4.69, 9.17) is 9.15 Å². The first-order valence-corrected chi connectivity index (χ1v) is 6.67. The highest BCUT2D eigenvalue weighted by atomic mass is 16.5. The van der Waals surface area contributed by atoms with Crippen LogP contribution in [0.4, 0.5) is 0 Å². The summed E-state index contributed by atoms with van der Waals surface area (Å²) in [6.45, 7) is 1.16. The third-order valence-corrected chi connectivity index (χ3v) is 3.40.